The van der Waals surface area contributed by atoms with Gasteiger partial charge in [0.1, 0.15) is 0 Å². The number of rotatable bonds is 5. The maximum atomic E-state index is 11.4. The van der Waals surface area contributed by atoms with E-state index in [1.54, 1.807) is 0 Å². The number of aliphatic hydroxyl groups excluding tert-OH is 1. The van der Waals surface area contributed by atoms with Crippen molar-refractivity contribution in [2.24, 2.45) is 0 Å². The quantitative estimate of drug-likeness (QED) is 0.668. The standard InChI is InChI=1S/C11H12Cl2N2O4/c12-6-3-7(13)5-8(4-6)15-11(19)14-2-1-9(16)10(17)18/h3-5,9,16H,1-2H2,(H,17,18)(H2,14,15,19)/t9-/m0/s1. The number of hydrogen-bond acceptors (Lipinski definition) is 3. The van der Waals surface area contributed by atoms with Gasteiger partial charge in [-0.25, -0.2) is 9.59 Å². The number of nitrogens with one attached hydrogen (secondary N) is 2. The molecule has 0 heterocycles. The summed E-state index contributed by atoms with van der Waals surface area (Å²) in [7, 11) is 0. The summed E-state index contributed by atoms with van der Waals surface area (Å²) in [5, 5.41) is 23.1. The fraction of sp³-hybridized carbons (Fsp3) is 0.273. The molecule has 1 aromatic carbocycles. The predicted molar refractivity (Wildman–Crippen MR) is 71.7 cm³/mol. The van der Waals surface area contributed by atoms with Crippen molar-refractivity contribution in [2.45, 2.75) is 12.5 Å². The fourth-order valence-corrected chi connectivity index (χ4v) is 1.77. The first kappa shape index (κ1) is 15.6. The second-order valence-corrected chi connectivity index (χ2v) is 4.55. The monoisotopic (exact) mass is 306 g/mol. The van der Waals surface area contributed by atoms with E-state index in [1.165, 1.54) is 18.2 Å². The number of aliphatic hydroxyl groups is 1. The van der Waals surface area contributed by atoms with Crippen LogP contribution < -0.4 is 10.6 Å². The zero-order valence-corrected chi connectivity index (χ0v) is 11.2. The fourth-order valence-electron chi connectivity index (χ4n) is 1.25. The Morgan fingerprint density at radius 2 is 1.79 bits per heavy atom. The van der Waals surface area contributed by atoms with Crippen molar-refractivity contribution in [1.29, 1.82) is 0 Å². The van der Waals surface area contributed by atoms with Crippen LogP contribution in [-0.4, -0.2) is 34.9 Å². The van der Waals surface area contributed by atoms with E-state index in [0.717, 1.165) is 0 Å². The molecule has 1 aromatic rings. The van der Waals surface area contributed by atoms with Crippen LogP contribution in [0.25, 0.3) is 0 Å². The van der Waals surface area contributed by atoms with Gasteiger partial charge in [-0.05, 0) is 18.2 Å². The van der Waals surface area contributed by atoms with Gasteiger partial charge in [0.05, 0.1) is 0 Å². The van der Waals surface area contributed by atoms with Crippen molar-refractivity contribution in [3.05, 3.63) is 28.2 Å². The van der Waals surface area contributed by atoms with Gasteiger partial charge < -0.3 is 20.8 Å². The molecule has 0 aliphatic carbocycles. The van der Waals surface area contributed by atoms with Crippen LogP contribution in [0.1, 0.15) is 6.42 Å². The number of amides is 2. The van der Waals surface area contributed by atoms with Gasteiger partial charge in [-0.1, -0.05) is 23.2 Å². The highest BCUT2D eigenvalue weighted by atomic mass is 35.5. The molecule has 0 aliphatic rings. The third-order valence-corrected chi connectivity index (χ3v) is 2.55. The minimum atomic E-state index is -1.50. The van der Waals surface area contributed by atoms with Gasteiger partial charge in [0, 0.05) is 28.7 Å². The lowest BCUT2D eigenvalue weighted by Gasteiger charge is -2.09. The summed E-state index contributed by atoms with van der Waals surface area (Å²) in [6.07, 6.45) is -1.58. The molecule has 0 bridgehead atoms. The van der Waals surface area contributed by atoms with Gasteiger partial charge in [0.15, 0.2) is 6.10 Å². The molecule has 4 N–H and O–H groups in total. The molecule has 104 valence electrons. The van der Waals surface area contributed by atoms with Gasteiger partial charge in [-0.3, -0.25) is 0 Å². The molecule has 19 heavy (non-hydrogen) atoms. The first-order valence-electron chi connectivity index (χ1n) is 5.30. The van der Waals surface area contributed by atoms with E-state index in [4.69, 9.17) is 33.4 Å². The van der Waals surface area contributed by atoms with Gasteiger partial charge >= 0.3 is 12.0 Å². The van der Waals surface area contributed by atoms with Crippen molar-refractivity contribution in [1.82, 2.24) is 5.32 Å². The Hall–Kier alpha value is -1.50. The molecule has 2 amide bonds. The number of aliphatic carboxylic acids is 1. The van der Waals surface area contributed by atoms with Crippen molar-refractivity contribution >= 4 is 40.9 Å². The molecule has 0 unspecified atom stereocenters. The minimum absolute atomic E-state index is 0.0214. The number of hydrogen-bond donors (Lipinski definition) is 4. The van der Waals surface area contributed by atoms with Crippen LogP contribution in [0.15, 0.2) is 18.2 Å². The Labute approximate surface area is 119 Å². The van der Waals surface area contributed by atoms with Gasteiger partial charge in [-0.2, -0.15) is 0 Å². The summed E-state index contributed by atoms with van der Waals surface area (Å²) >= 11 is 11.5. The first-order valence-corrected chi connectivity index (χ1v) is 6.06. The molecule has 1 rings (SSSR count). The van der Waals surface area contributed by atoms with E-state index in [-0.39, 0.29) is 13.0 Å². The summed E-state index contributed by atoms with van der Waals surface area (Å²) in [5.74, 6) is -1.33. The Balaban J connectivity index is 2.41. The van der Waals surface area contributed by atoms with Crippen LogP contribution in [0.4, 0.5) is 10.5 Å². The van der Waals surface area contributed by atoms with Crippen LogP contribution in [0, 0.1) is 0 Å². The number of urea groups is 1. The minimum Gasteiger partial charge on any atom is -0.479 e. The number of carboxylic acid groups (broad SMARTS) is 1. The molecule has 0 saturated carbocycles. The lowest BCUT2D eigenvalue weighted by atomic mass is 10.2. The molecular formula is C11H12Cl2N2O4. The number of carbonyl (C=O) groups excluding carboxylic acids is 1. The molecule has 8 heteroatoms. The Morgan fingerprint density at radius 1 is 1.21 bits per heavy atom. The Kier molecular flexibility index (Phi) is 5.88. The maximum absolute atomic E-state index is 11.4. The molecule has 0 aliphatic heterocycles. The molecular weight excluding hydrogens is 295 g/mol. The summed E-state index contributed by atoms with van der Waals surface area (Å²) in [5.41, 5.74) is 0.411. The van der Waals surface area contributed by atoms with Crippen molar-refractivity contribution < 1.29 is 19.8 Å². The van der Waals surface area contributed by atoms with Gasteiger partial charge in [0.25, 0.3) is 0 Å². The van der Waals surface area contributed by atoms with Crippen LogP contribution >= 0.6 is 23.2 Å². The number of anilines is 1. The Morgan fingerprint density at radius 3 is 2.32 bits per heavy atom. The SMILES string of the molecule is O=C(NCC[C@H](O)C(=O)O)Nc1cc(Cl)cc(Cl)c1. The van der Waals surface area contributed by atoms with Crippen LogP contribution in [0.2, 0.25) is 10.0 Å². The average molecular weight is 307 g/mol. The van der Waals surface area contributed by atoms with Gasteiger partial charge in [0.2, 0.25) is 0 Å². The van der Waals surface area contributed by atoms with E-state index in [9.17, 15) is 9.59 Å². The second kappa shape index (κ2) is 7.18. The van der Waals surface area contributed by atoms with E-state index in [1.807, 2.05) is 0 Å². The summed E-state index contributed by atoms with van der Waals surface area (Å²) in [6, 6.07) is 4.00. The first-order chi connectivity index (χ1) is 8.88. The molecule has 0 spiro atoms. The number of benzene rings is 1. The van der Waals surface area contributed by atoms with Crippen molar-refractivity contribution in [2.75, 3.05) is 11.9 Å². The van der Waals surface area contributed by atoms with Crippen LogP contribution in [0.5, 0.6) is 0 Å². The van der Waals surface area contributed by atoms with E-state index in [2.05, 4.69) is 10.6 Å². The normalized spacial score (nSPS) is 11.7. The summed E-state index contributed by atoms with van der Waals surface area (Å²) in [4.78, 5) is 21.8. The summed E-state index contributed by atoms with van der Waals surface area (Å²) < 4.78 is 0. The number of carboxylic acids is 1. The lowest BCUT2D eigenvalue weighted by Crippen LogP contribution is -2.33. The van der Waals surface area contributed by atoms with Crippen molar-refractivity contribution in [3.63, 3.8) is 0 Å². The predicted octanol–water partition coefficient (Wildman–Crippen LogP) is 1.95. The molecule has 0 saturated heterocycles. The number of carbonyl (C=O) groups is 2. The highest BCUT2D eigenvalue weighted by molar-refractivity contribution is 6.35. The van der Waals surface area contributed by atoms with Gasteiger partial charge in [-0.15, -0.1) is 0 Å². The Bertz CT molecular complexity index is 462. The zero-order valence-electron chi connectivity index (χ0n) is 9.69. The molecule has 0 fully saturated rings. The molecule has 0 radical (unpaired) electrons. The highest BCUT2D eigenvalue weighted by Gasteiger charge is 2.12. The van der Waals surface area contributed by atoms with E-state index < -0.39 is 18.1 Å². The molecule has 6 nitrogen and oxygen atoms in total. The average Bonchev–Trinajstić information content (AvgIpc) is 2.26. The third-order valence-electron chi connectivity index (χ3n) is 2.11. The lowest BCUT2D eigenvalue weighted by molar-refractivity contribution is -0.146. The van der Waals surface area contributed by atoms with Crippen LogP contribution in [0.3, 0.4) is 0 Å². The largest absolute Gasteiger partial charge is 0.479 e. The van der Waals surface area contributed by atoms with Crippen molar-refractivity contribution in [3.8, 4) is 0 Å². The van der Waals surface area contributed by atoms with E-state index in [0.29, 0.717) is 15.7 Å². The highest BCUT2D eigenvalue weighted by Crippen LogP contribution is 2.22. The second-order valence-electron chi connectivity index (χ2n) is 3.68. The zero-order chi connectivity index (χ0) is 14.4. The molecule has 0 aromatic heterocycles. The third kappa shape index (κ3) is 5.78. The summed E-state index contributed by atoms with van der Waals surface area (Å²) in [6.45, 7) is 0.0214. The smallest absolute Gasteiger partial charge is 0.332 e. The topological polar surface area (TPSA) is 98.7 Å². The molecule has 1 atom stereocenters. The number of halogens is 2. The van der Waals surface area contributed by atoms with E-state index >= 15 is 0 Å². The van der Waals surface area contributed by atoms with Crippen LogP contribution in [-0.2, 0) is 4.79 Å². The maximum Gasteiger partial charge on any atom is 0.332 e.